The molecule has 0 bridgehead atoms. The molecule has 1 N–H and O–H groups in total. The molecule has 0 aliphatic carbocycles. The number of ether oxygens (including phenoxy) is 2. The zero-order valence-electron chi connectivity index (χ0n) is 12.1. The zero-order valence-corrected chi connectivity index (χ0v) is 12.1. The van der Waals surface area contributed by atoms with Crippen LogP contribution < -0.4 is 14.9 Å². The maximum Gasteiger partial charge on any atom is 0.238 e. The molecule has 5 nitrogen and oxygen atoms in total. The van der Waals surface area contributed by atoms with E-state index < -0.39 is 11.2 Å². The maximum atomic E-state index is 12.5. The van der Waals surface area contributed by atoms with Crippen LogP contribution in [0, 0.1) is 0 Å². The molecule has 22 heavy (non-hydrogen) atoms. The Balaban J connectivity index is 2.39. The largest absolute Gasteiger partial charge is 0.502 e. The summed E-state index contributed by atoms with van der Waals surface area (Å²) < 4.78 is 16.1. The predicted octanol–water partition coefficient (Wildman–Crippen LogP) is 3.18. The van der Waals surface area contributed by atoms with Crippen LogP contribution in [0.3, 0.4) is 0 Å². The number of fused-ring (bicyclic) bond motifs is 1. The standard InChI is InChI=1S/C17H14O5/c1-20-11-8-12(21-2)14-13(9-11)22-17(16(19)15(14)18)10-6-4-3-5-7-10/h3-9,19H,1-2H3. The lowest BCUT2D eigenvalue weighted by Crippen LogP contribution is -2.05. The number of aromatic hydroxyl groups is 1. The molecule has 0 saturated heterocycles. The molecule has 0 unspecified atom stereocenters. The van der Waals surface area contributed by atoms with Crippen LogP contribution in [0.25, 0.3) is 22.3 Å². The first-order valence-electron chi connectivity index (χ1n) is 6.63. The van der Waals surface area contributed by atoms with Gasteiger partial charge in [0.1, 0.15) is 22.5 Å². The maximum absolute atomic E-state index is 12.5. The first-order valence-corrected chi connectivity index (χ1v) is 6.63. The van der Waals surface area contributed by atoms with Crippen molar-refractivity contribution in [2.75, 3.05) is 14.2 Å². The lowest BCUT2D eigenvalue weighted by Gasteiger charge is -2.10. The fraction of sp³-hybridized carbons (Fsp3) is 0.118. The van der Waals surface area contributed by atoms with Crippen LogP contribution in [0.1, 0.15) is 0 Å². The Morgan fingerprint density at radius 1 is 1.05 bits per heavy atom. The van der Waals surface area contributed by atoms with Crippen LogP contribution in [0.2, 0.25) is 0 Å². The van der Waals surface area contributed by atoms with Gasteiger partial charge in [-0.3, -0.25) is 4.79 Å². The van der Waals surface area contributed by atoms with E-state index in [-0.39, 0.29) is 22.5 Å². The molecule has 112 valence electrons. The van der Waals surface area contributed by atoms with E-state index >= 15 is 0 Å². The summed E-state index contributed by atoms with van der Waals surface area (Å²) >= 11 is 0. The van der Waals surface area contributed by atoms with Crippen LogP contribution in [0.15, 0.2) is 51.7 Å². The fourth-order valence-corrected chi connectivity index (χ4v) is 2.31. The quantitative estimate of drug-likeness (QED) is 0.804. The molecule has 0 aliphatic rings. The van der Waals surface area contributed by atoms with Crippen molar-refractivity contribution in [3.05, 3.63) is 52.7 Å². The Morgan fingerprint density at radius 2 is 1.77 bits per heavy atom. The highest BCUT2D eigenvalue weighted by molar-refractivity contribution is 5.88. The first kappa shape index (κ1) is 14.0. The SMILES string of the molecule is COc1cc(OC)c2c(=O)c(O)c(-c3ccccc3)oc2c1. The van der Waals surface area contributed by atoms with E-state index in [1.54, 1.807) is 36.4 Å². The summed E-state index contributed by atoms with van der Waals surface area (Å²) in [5.74, 6) is 0.464. The third-order valence-corrected chi connectivity index (χ3v) is 3.40. The van der Waals surface area contributed by atoms with E-state index in [0.29, 0.717) is 11.3 Å². The van der Waals surface area contributed by atoms with Crippen molar-refractivity contribution in [2.24, 2.45) is 0 Å². The van der Waals surface area contributed by atoms with Crippen molar-refractivity contribution < 1.29 is 19.0 Å². The van der Waals surface area contributed by atoms with Crippen LogP contribution >= 0.6 is 0 Å². The highest BCUT2D eigenvalue weighted by Gasteiger charge is 2.19. The van der Waals surface area contributed by atoms with Gasteiger partial charge in [-0.25, -0.2) is 0 Å². The van der Waals surface area contributed by atoms with Gasteiger partial charge in [0.2, 0.25) is 11.2 Å². The average Bonchev–Trinajstić information content (AvgIpc) is 2.57. The Labute approximate surface area is 126 Å². The summed E-state index contributed by atoms with van der Waals surface area (Å²) in [6, 6.07) is 12.1. The monoisotopic (exact) mass is 298 g/mol. The van der Waals surface area contributed by atoms with E-state index in [2.05, 4.69) is 0 Å². The Hall–Kier alpha value is -2.95. The third kappa shape index (κ3) is 2.16. The third-order valence-electron chi connectivity index (χ3n) is 3.40. The number of rotatable bonds is 3. The van der Waals surface area contributed by atoms with Crippen LogP contribution in [0.5, 0.6) is 17.2 Å². The van der Waals surface area contributed by atoms with Crippen LogP contribution in [0.4, 0.5) is 0 Å². The molecule has 0 amide bonds. The second kappa shape index (κ2) is 5.44. The summed E-state index contributed by atoms with van der Waals surface area (Å²) in [6.45, 7) is 0. The van der Waals surface area contributed by atoms with Crippen LogP contribution in [-0.2, 0) is 0 Å². The number of methoxy groups -OCH3 is 2. The van der Waals surface area contributed by atoms with Crippen molar-refractivity contribution in [2.45, 2.75) is 0 Å². The number of benzene rings is 2. The highest BCUT2D eigenvalue weighted by Crippen LogP contribution is 2.35. The molecule has 3 aromatic rings. The van der Waals surface area contributed by atoms with Gasteiger partial charge in [-0.05, 0) is 0 Å². The van der Waals surface area contributed by atoms with Gasteiger partial charge in [0.05, 0.1) is 14.2 Å². The van der Waals surface area contributed by atoms with Crippen LogP contribution in [-0.4, -0.2) is 19.3 Å². The summed E-state index contributed by atoms with van der Waals surface area (Å²) in [6.07, 6.45) is 0. The summed E-state index contributed by atoms with van der Waals surface area (Å²) in [5, 5.41) is 10.4. The van der Waals surface area contributed by atoms with Gasteiger partial charge in [-0.15, -0.1) is 0 Å². The first-order chi connectivity index (χ1) is 10.7. The zero-order chi connectivity index (χ0) is 15.7. The topological polar surface area (TPSA) is 68.9 Å². The second-order valence-electron chi connectivity index (χ2n) is 4.68. The molecule has 1 aromatic heterocycles. The van der Waals surface area contributed by atoms with Gasteiger partial charge in [0, 0.05) is 17.7 Å². The summed E-state index contributed by atoms with van der Waals surface area (Å²) in [7, 11) is 2.95. The lowest BCUT2D eigenvalue weighted by atomic mass is 10.1. The molecule has 5 heteroatoms. The van der Waals surface area contributed by atoms with Crippen molar-refractivity contribution in [1.82, 2.24) is 0 Å². The average molecular weight is 298 g/mol. The second-order valence-corrected chi connectivity index (χ2v) is 4.68. The molecule has 1 heterocycles. The molecular weight excluding hydrogens is 284 g/mol. The molecule has 0 saturated carbocycles. The minimum absolute atomic E-state index is 0.119. The minimum Gasteiger partial charge on any atom is -0.502 e. The van der Waals surface area contributed by atoms with Gasteiger partial charge in [0.25, 0.3) is 0 Å². The number of hydrogen-bond acceptors (Lipinski definition) is 5. The molecule has 3 rings (SSSR count). The summed E-state index contributed by atoms with van der Waals surface area (Å²) in [5.41, 5.74) is 0.359. The van der Waals surface area contributed by atoms with E-state index in [0.717, 1.165) is 0 Å². The Morgan fingerprint density at radius 3 is 2.41 bits per heavy atom. The van der Waals surface area contributed by atoms with E-state index in [1.165, 1.54) is 14.2 Å². The normalized spacial score (nSPS) is 10.6. The Kier molecular flexibility index (Phi) is 3.47. The smallest absolute Gasteiger partial charge is 0.238 e. The highest BCUT2D eigenvalue weighted by atomic mass is 16.5. The van der Waals surface area contributed by atoms with Crippen molar-refractivity contribution in [1.29, 1.82) is 0 Å². The molecule has 0 fully saturated rings. The van der Waals surface area contributed by atoms with Crippen molar-refractivity contribution in [3.63, 3.8) is 0 Å². The predicted molar refractivity (Wildman–Crippen MR) is 82.7 cm³/mol. The van der Waals surface area contributed by atoms with Gasteiger partial charge >= 0.3 is 0 Å². The molecular formula is C17H14O5. The minimum atomic E-state index is -0.542. The lowest BCUT2D eigenvalue weighted by molar-refractivity contribution is 0.394. The van der Waals surface area contributed by atoms with Crippen molar-refractivity contribution >= 4 is 11.0 Å². The van der Waals surface area contributed by atoms with Gasteiger partial charge in [0.15, 0.2) is 5.76 Å². The van der Waals surface area contributed by atoms with E-state index in [4.69, 9.17) is 13.9 Å². The number of hydrogen-bond donors (Lipinski definition) is 1. The van der Waals surface area contributed by atoms with Crippen molar-refractivity contribution in [3.8, 4) is 28.6 Å². The molecule has 2 aromatic carbocycles. The van der Waals surface area contributed by atoms with Gasteiger partial charge < -0.3 is 19.0 Å². The summed E-state index contributed by atoms with van der Waals surface area (Å²) in [4.78, 5) is 12.5. The Bertz CT molecular complexity index is 881. The van der Waals surface area contributed by atoms with E-state index in [1.807, 2.05) is 6.07 Å². The van der Waals surface area contributed by atoms with Gasteiger partial charge in [-0.2, -0.15) is 0 Å². The molecule has 0 spiro atoms. The van der Waals surface area contributed by atoms with E-state index in [9.17, 15) is 9.90 Å². The molecule has 0 atom stereocenters. The fourth-order valence-electron chi connectivity index (χ4n) is 2.31. The molecule has 0 aliphatic heterocycles. The van der Waals surface area contributed by atoms with Gasteiger partial charge in [-0.1, -0.05) is 30.3 Å². The molecule has 0 radical (unpaired) electrons.